The van der Waals surface area contributed by atoms with Crippen LogP contribution in [0.15, 0.2) is 41.1 Å². The van der Waals surface area contributed by atoms with Crippen LogP contribution in [-0.2, 0) is 11.3 Å². The van der Waals surface area contributed by atoms with Crippen LogP contribution in [0, 0.1) is 0 Å². The maximum absolute atomic E-state index is 11.8. The number of amides is 1. The fraction of sp³-hybridized carbons (Fsp3) is 0.292. The lowest BCUT2D eigenvalue weighted by Gasteiger charge is -2.16. The first-order valence-corrected chi connectivity index (χ1v) is 11.6. The number of anilines is 1. The molecule has 0 saturated carbocycles. The highest BCUT2D eigenvalue weighted by molar-refractivity contribution is 5.91. The Kier molecular flexibility index (Phi) is 4.90. The van der Waals surface area contributed by atoms with Gasteiger partial charge in [0.15, 0.2) is 11.4 Å². The van der Waals surface area contributed by atoms with Crippen molar-refractivity contribution in [3.05, 3.63) is 36.7 Å². The second-order valence-corrected chi connectivity index (χ2v) is 8.59. The van der Waals surface area contributed by atoms with Gasteiger partial charge in [-0.1, -0.05) is 6.92 Å². The quantitative estimate of drug-likeness (QED) is 0.395. The zero-order chi connectivity index (χ0) is 24.1. The molecule has 0 spiro atoms. The second-order valence-electron chi connectivity index (χ2n) is 8.59. The maximum Gasteiger partial charge on any atom is 0.294 e. The summed E-state index contributed by atoms with van der Waals surface area (Å²) in [6.45, 7) is 3.32. The fourth-order valence-corrected chi connectivity index (χ4v) is 4.61. The van der Waals surface area contributed by atoms with E-state index in [0.717, 1.165) is 53.1 Å². The molecule has 1 amide bonds. The van der Waals surface area contributed by atoms with E-state index in [0.29, 0.717) is 30.0 Å². The molecular formula is C24H24N8O3. The number of aromatic nitrogens is 6. The van der Waals surface area contributed by atoms with Crippen LogP contribution in [0.25, 0.3) is 44.9 Å². The Morgan fingerprint density at radius 1 is 1.17 bits per heavy atom. The summed E-state index contributed by atoms with van der Waals surface area (Å²) in [5.74, 6) is 1.06. The Bertz CT molecular complexity index is 1580. The van der Waals surface area contributed by atoms with E-state index in [1.807, 2.05) is 31.3 Å². The second kappa shape index (κ2) is 8.12. The number of hydrogen-bond acceptors (Lipinski definition) is 8. The molecule has 11 heteroatoms. The fourth-order valence-electron chi connectivity index (χ4n) is 4.61. The summed E-state index contributed by atoms with van der Waals surface area (Å²) >= 11 is 0. The highest BCUT2D eigenvalue weighted by atomic mass is 16.5. The third kappa shape index (κ3) is 3.56. The standard InChI is InChI=1S/C24H24N8O3/c1-2-17(21(25)33)32-12-14(11-27-32)13-9-16-20-19(10-13)34-8-4-3-7-31(20)23(29-16)15-5-6-18-22(28-15)30-24(26)35-18/h5-6,9-12,17H,2-4,7-8H2,1H3,(H2,25,33)(H2,26,28,30). The van der Waals surface area contributed by atoms with Crippen molar-refractivity contribution in [1.29, 1.82) is 0 Å². The first-order chi connectivity index (χ1) is 17.0. The van der Waals surface area contributed by atoms with E-state index in [1.54, 1.807) is 16.9 Å². The molecule has 0 aliphatic carbocycles. The minimum Gasteiger partial charge on any atom is -0.491 e. The van der Waals surface area contributed by atoms with Crippen molar-refractivity contribution in [2.24, 2.45) is 5.73 Å². The van der Waals surface area contributed by atoms with Gasteiger partial charge in [-0.25, -0.2) is 9.97 Å². The molecule has 35 heavy (non-hydrogen) atoms. The van der Waals surface area contributed by atoms with Gasteiger partial charge in [-0.15, -0.1) is 0 Å². The number of hydrogen-bond donors (Lipinski definition) is 2. The molecule has 178 valence electrons. The summed E-state index contributed by atoms with van der Waals surface area (Å²) in [6.07, 6.45) is 6.00. The number of primary amides is 1. The van der Waals surface area contributed by atoms with E-state index in [2.05, 4.69) is 19.6 Å². The number of ether oxygens (including phenoxy) is 1. The molecule has 1 aliphatic heterocycles. The molecule has 0 bridgehead atoms. The van der Waals surface area contributed by atoms with E-state index in [-0.39, 0.29) is 6.01 Å². The smallest absolute Gasteiger partial charge is 0.294 e. The molecule has 6 rings (SSSR count). The molecule has 4 aromatic heterocycles. The minimum atomic E-state index is -0.494. The van der Waals surface area contributed by atoms with Crippen molar-refractivity contribution >= 4 is 34.2 Å². The topological polar surface area (TPSA) is 153 Å². The van der Waals surface area contributed by atoms with Crippen LogP contribution >= 0.6 is 0 Å². The summed E-state index contributed by atoms with van der Waals surface area (Å²) in [5, 5.41) is 4.38. The zero-order valence-electron chi connectivity index (χ0n) is 19.1. The lowest BCUT2D eigenvalue weighted by Crippen LogP contribution is -2.26. The average Bonchev–Trinajstić information content (AvgIpc) is 3.52. The molecule has 1 aliphatic rings. The number of nitrogen functional groups attached to an aromatic ring is 1. The van der Waals surface area contributed by atoms with Crippen molar-refractivity contribution in [3.8, 4) is 28.4 Å². The van der Waals surface area contributed by atoms with Gasteiger partial charge >= 0.3 is 0 Å². The predicted molar refractivity (Wildman–Crippen MR) is 129 cm³/mol. The van der Waals surface area contributed by atoms with E-state index >= 15 is 0 Å². The Morgan fingerprint density at radius 2 is 2.06 bits per heavy atom. The van der Waals surface area contributed by atoms with Crippen LogP contribution in [0.2, 0.25) is 0 Å². The third-order valence-electron chi connectivity index (χ3n) is 6.31. The highest BCUT2D eigenvalue weighted by Crippen LogP contribution is 2.37. The summed E-state index contributed by atoms with van der Waals surface area (Å²) in [6, 6.07) is 7.24. The summed E-state index contributed by atoms with van der Waals surface area (Å²) in [5.41, 5.74) is 16.3. The lowest BCUT2D eigenvalue weighted by atomic mass is 10.1. The first kappa shape index (κ1) is 21.1. The number of fused-ring (bicyclic) bond motifs is 1. The van der Waals surface area contributed by atoms with Crippen molar-refractivity contribution < 1.29 is 13.9 Å². The molecule has 5 aromatic rings. The number of rotatable bonds is 5. The molecule has 5 heterocycles. The molecule has 0 saturated heterocycles. The molecule has 1 atom stereocenters. The largest absolute Gasteiger partial charge is 0.491 e. The zero-order valence-corrected chi connectivity index (χ0v) is 19.1. The molecule has 4 N–H and O–H groups in total. The van der Waals surface area contributed by atoms with Crippen LogP contribution in [0.4, 0.5) is 6.01 Å². The number of pyridine rings is 1. The Hall–Kier alpha value is -4.41. The monoisotopic (exact) mass is 472 g/mol. The van der Waals surface area contributed by atoms with Gasteiger partial charge in [0, 0.05) is 18.3 Å². The number of carbonyl (C=O) groups excluding carboxylic acids is 1. The van der Waals surface area contributed by atoms with Gasteiger partial charge in [-0.3, -0.25) is 9.48 Å². The van der Waals surface area contributed by atoms with Gasteiger partial charge in [-0.2, -0.15) is 10.1 Å². The Balaban J connectivity index is 1.50. The highest BCUT2D eigenvalue weighted by Gasteiger charge is 2.22. The summed E-state index contributed by atoms with van der Waals surface area (Å²) in [4.78, 5) is 25.5. The summed E-state index contributed by atoms with van der Waals surface area (Å²) in [7, 11) is 0. The normalized spacial score (nSPS) is 14.5. The van der Waals surface area contributed by atoms with Gasteiger partial charge in [0.1, 0.15) is 23.0 Å². The van der Waals surface area contributed by atoms with Gasteiger partial charge in [-0.05, 0) is 49.1 Å². The predicted octanol–water partition coefficient (Wildman–Crippen LogP) is 3.29. The number of aryl methyl sites for hydroxylation is 1. The number of oxazole rings is 1. The van der Waals surface area contributed by atoms with E-state index in [4.69, 9.17) is 25.6 Å². The van der Waals surface area contributed by atoms with Crippen molar-refractivity contribution in [1.82, 2.24) is 29.3 Å². The van der Waals surface area contributed by atoms with Gasteiger partial charge < -0.3 is 25.2 Å². The van der Waals surface area contributed by atoms with Gasteiger partial charge in [0.05, 0.1) is 18.3 Å². The summed E-state index contributed by atoms with van der Waals surface area (Å²) < 4.78 is 15.3. The number of imidazole rings is 1. The SMILES string of the molecule is CCC(C(N)=O)n1cc(-c2cc3c4c(c2)nc(-c2ccc5oc(N)nc5n2)n4CCCCO3)cn1. The minimum absolute atomic E-state index is 0.0788. The first-order valence-electron chi connectivity index (χ1n) is 11.6. The van der Waals surface area contributed by atoms with Crippen molar-refractivity contribution in [2.75, 3.05) is 12.3 Å². The van der Waals surface area contributed by atoms with Crippen LogP contribution in [0.3, 0.4) is 0 Å². The third-order valence-corrected chi connectivity index (χ3v) is 6.31. The van der Waals surface area contributed by atoms with Crippen LogP contribution < -0.4 is 16.2 Å². The molecule has 11 nitrogen and oxygen atoms in total. The van der Waals surface area contributed by atoms with Crippen LogP contribution in [0.5, 0.6) is 5.75 Å². The average molecular weight is 473 g/mol. The molecule has 0 fully saturated rings. The number of nitrogens with zero attached hydrogens (tertiary/aromatic N) is 6. The van der Waals surface area contributed by atoms with Crippen molar-refractivity contribution in [2.45, 2.75) is 38.8 Å². The Labute approximate surface area is 199 Å². The van der Waals surface area contributed by atoms with E-state index in [9.17, 15) is 4.79 Å². The molecule has 0 radical (unpaired) electrons. The molecule has 1 aromatic carbocycles. The van der Waals surface area contributed by atoms with E-state index < -0.39 is 11.9 Å². The van der Waals surface area contributed by atoms with Crippen molar-refractivity contribution in [3.63, 3.8) is 0 Å². The lowest BCUT2D eigenvalue weighted by molar-refractivity contribution is -0.121. The molecule has 1 unspecified atom stereocenters. The van der Waals surface area contributed by atoms with E-state index in [1.165, 1.54) is 0 Å². The van der Waals surface area contributed by atoms with Gasteiger partial charge in [0.25, 0.3) is 6.01 Å². The maximum atomic E-state index is 11.8. The molecular weight excluding hydrogens is 448 g/mol. The number of benzene rings is 1. The number of carbonyl (C=O) groups is 1. The Morgan fingerprint density at radius 3 is 2.89 bits per heavy atom. The number of nitrogens with two attached hydrogens (primary N) is 2. The van der Waals surface area contributed by atoms with Crippen LogP contribution in [-0.4, -0.2) is 41.8 Å². The van der Waals surface area contributed by atoms with Gasteiger partial charge in [0.2, 0.25) is 11.6 Å². The van der Waals surface area contributed by atoms with Crippen LogP contribution in [0.1, 0.15) is 32.2 Å².